The standard InChI is InChI=1S/C20H33NO5/c1-3-4-5-6-7-8-9-10-11-12-16(22)18-19(25)15(13-14-17(23)24)21(2)20(18)26/h15,25H,3-14H2,1-2H3,(H,23,24). The molecule has 0 bridgehead atoms. The van der Waals surface area contributed by atoms with Gasteiger partial charge in [-0.1, -0.05) is 58.3 Å². The zero-order valence-electron chi connectivity index (χ0n) is 16.1. The number of ketones is 1. The second-order valence-corrected chi connectivity index (χ2v) is 7.13. The summed E-state index contributed by atoms with van der Waals surface area (Å²) in [5.74, 6) is -2.09. The Bertz CT molecular complexity index is 526. The van der Waals surface area contributed by atoms with Crippen molar-refractivity contribution in [2.75, 3.05) is 7.05 Å². The summed E-state index contributed by atoms with van der Waals surface area (Å²) in [6, 6.07) is -0.708. The Morgan fingerprint density at radius 3 is 2.04 bits per heavy atom. The van der Waals surface area contributed by atoms with E-state index < -0.39 is 17.9 Å². The van der Waals surface area contributed by atoms with Gasteiger partial charge in [0.05, 0.1) is 6.04 Å². The maximum atomic E-state index is 12.3. The zero-order chi connectivity index (χ0) is 19.5. The number of carboxylic acids is 1. The largest absolute Gasteiger partial charge is 0.509 e. The Hall–Kier alpha value is -1.85. The second-order valence-electron chi connectivity index (χ2n) is 7.13. The van der Waals surface area contributed by atoms with E-state index in [4.69, 9.17) is 5.11 Å². The summed E-state index contributed by atoms with van der Waals surface area (Å²) in [5, 5.41) is 19.0. The quantitative estimate of drug-likeness (QED) is 0.357. The average molecular weight is 367 g/mol. The van der Waals surface area contributed by atoms with Gasteiger partial charge in [-0.25, -0.2) is 0 Å². The van der Waals surface area contributed by atoms with Gasteiger partial charge in [-0.2, -0.15) is 0 Å². The number of aliphatic hydroxyl groups is 1. The fourth-order valence-corrected chi connectivity index (χ4v) is 3.35. The predicted octanol–water partition coefficient (Wildman–Crippen LogP) is 3.99. The van der Waals surface area contributed by atoms with Crippen molar-refractivity contribution in [1.29, 1.82) is 0 Å². The molecule has 0 saturated carbocycles. The minimum Gasteiger partial charge on any atom is -0.509 e. The molecule has 26 heavy (non-hydrogen) atoms. The highest BCUT2D eigenvalue weighted by atomic mass is 16.4. The first-order valence-electron chi connectivity index (χ1n) is 9.85. The number of likely N-dealkylation sites (N-methyl/N-ethyl adjacent to an activating group) is 1. The van der Waals surface area contributed by atoms with E-state index in [2.05, 4.69) is 6.92 Å². The highest BCUT2D eigenvalue weighted by Crippen LogP contribution is 2.27. The maximum absolute atomic E-state index is 12.3. The highest BCUT2D eigenvalue weighted by Gasteiger charge is 2.39. The van der Waals surface area contributed by atoms with Crippen LogP contribution in [0.25, 0.3) is 0 Å². The number of aliphatic hydroxyl groups excluding tert-OH is 1. The van der Waals surface area contributed by atoms with Crippen LogP contribution in [-0.4, -0.2) is 45.9 Å². The van der Waals surface area contributed by atoms with Gasteiger partial charge in [0.2, 0.25) is 0 Å². The smallest absolute Gasteiger partial charge is 0.303 e. The molecule has 1 aliphatic rings. The van der Waals surface area contributed by atoms with Crippen molar-refractivity contribution < 1.29 is 24.6 Å². The minimum absolute atomic E-state index is 0.109. The van der Waals surface area contributed by atoms with Gasteiger partial charge in [0.1, 0.15) is 11.3 Å². The molecule has 1 amide bonds. The van der Waals surface area contributed by atoms with Gasteiger partial charge in [0.25, 0.3) is 5.91 Å². The predicted molar refractivity (Wildman–Crippen MR) is 99.9 cm³/mol. The lowest BCUT2D eigenvalue weighted by molar-refractivity contribution is -0.138. The third-order valence-corrected chi connectivity index (χ3v) is 4.99. The van der Waals surface area contributed by atoms with Gasteiger partial charge >= 0.3 is 5.97 Å². The van der Waals surface area contributed by atoms with Crippen molar-refractivity contribution in [2.24, 2.45) is 0 Å². The van der Waals surface area contributed by atoms with Crippen LogP contribution in [-0.2, 0) is 14.4 Å². The molecule has 0 radical (unpaired) electrons. The van der Waals surface area contributed by atoms with E-state index >= 15 is 0 Å². The van der Waals surface area contributed by atoms with Crippen molar-refractivity contribution in [1.82, 2.24) is 4.90 Å². The van der Waals surface area contributed by atoms with E-state index in [1.54, 1.807) is 0 Å². The highest BCUT2D eigenvalue weighted by molar-refractivity contribution is 6.21. The molecule has 148 valence electrons. The molecule has 1 rings (SSSR count). The number of carboxylic acid groups (broad SMARTS) is 1. The average Bonchev–Trinajstić information content (AvgIpc) is 2.80. The number of carbonyl (C=O) groups is 3. The second kappa shape index (κ2) is 11.7. The van der Waals surface area contributed by atoms with E-state index in [1.807, 2.05) is 0 Å². The summed E-state index contributed by atoms with van der Waals surface area (Å²) >= 11 is 0. The number of rotatable bonds is 14. The first-order valence-corrected chi connectivity index (χ1v) is 9.85. The number of unbranched alkanes of at least 4 members (excludes halogenated alkanes) is 8. The molecule has 0 saturated heterocycles. The van der Waals surface area contributed by atoms with Crippen LogP contribution in [0.3, 0.4) is 0 Å². The normalized spacial score (nSPS) is 17.2. The number of aliphatic carboxylic acids is 1. The number of nitrogens with zero attached hydrogens (tertiary/aromatic N) is 1. The molecule has 1 heterocycles. The molecule has 0 aromatic carbocycles. The molecule has 6 nitrogen and oxygen atoms in total. The lowest BCUT2D eigenvalue weighted by Crippen LogP contribution is -2.32. The molecule has 0 aromatic heterocycles. The van der Waals surface area contributed by atoms with E-state index in [-0.39, 0.29) is 36.4 Å². The molecule has 1 unspecified atom stereocenters. The third-order valence-electron chi connectivity index (χ3n) is 4.99. The van der Waals surface area contributed by atoms with Gasteiger partial charge < -0.3 is 15.1 Å². The minimum atomic E-state index is -0.992. The lowest BCUT2D eigenvalue weighted by atomic mass is 10.0. The molecule has 1 atom stereocenters. The van der Waals surface area contributed by atoms with Crippen LogP contribution < -0.4 is 0 Å². The van der Waals surface area contributed by atoms with Crippen molar-refractivity contribution in [2.45, 2.75) is 90.0 Å². The van der Waals surface area contributed by atoms with Gasteiger partial charge in [-0.05, 0) is 12.8 Å². The van der Waals surface area contributed by atoms with Crippen LogP contribution in [0.1, 0.15) is 84.0 Å². The fraction of sp³-hybridized carbons (Fsp3) is 0.750. The topological polar surface area (TPSA) is 94.9 Å². The Labute approximate surface area is 156 Å². The van der Waals surface area contributed by atoms with Crippen LogP contribution in [0, 0.1) is 0 Å². The Morgan fingerprint density at radius 1 is 0.962 bits per heavy atom. The van der Waals surface area contributed by atoms with E-state index in [0.29, 0.717) is 6.42 Å². The number of Topliss-reactive ketones (excluding diaryl/α,β-unsaturated/α-hetero) is 1. The Morgan fingerprint density at radius 2 is 1.50 bits per heavy atom. The van der Waals surface area contributed by atoms with Crippen molar-refractivity contribution >= 4 is 17.7 Å². The number of hydrogen-bond donors (Lipinski definition) is 2. The van der Waals surface area contributed by atoms with Gasteiger partial charge in [-0.15, -0.1) is 0 Å². The monoisotopic (exact) mass is 367 g/mol. The summed E-state index contributed by atoms with van der Waals surface area (Å²) in [4.78, 5) is 36.5. The van der Waals surface area contributed by atoms with Gasteiger partial charge in [0.15, 0.2) is 5.78 Å². The van der Waals surface area contributed by atoms with E-state index in [9.17, 15) is 19.5 Å². The zero-order valence-corrected chi connectivity index (χ0v) is 16.1. The fourth-order valence-electron chi connectivity index (χ4n) is 3.35. The molecule has 1 aliphatic heterocycles. The van der Waals surface area contributed by atoms with E-state index in [0.717, 1.165) is 12.8 Å². The molecule has 0 aromatic rings. The number of amides is 1. The summed E-state index contributed by atoms with van der Waals surface area (Å²) in [7, 11) is 1.49. The summed E-state index contributed by atoms with van der Waals surface area (Å²) in [5.41, 5.74) is -0.151. The maximum Gasteiger partial charge on any atom is 0.303 e. The molecule has 0 fully saturated rings. The van der Waals surface area contributed by atoms with Crippen LogP contribution in [0.5, 0.6) is 0 Å². The summed E-state index contributed by atoms with van der Waals surface area (Å²) in [6.07, 6.45) is 10.4. The Balaban J connectivity index is 2.36. The number of hydrogen-bond acceptors (Lipinski definition) is 4. The first-order chi connectivity index (χ1) is 12.4. The van der Waals surface area contributed by atoms with Gasteiger partial charge in [-0.3, -0.25) is 14.4 Å². The summed E-state index contributed by atoms with van der Waals surface area (Å²) in [6.45, 7) is 2.20. The number of carbonyl (C=O) groups excluding carboxylic acids is 2. The van der Waals surface area contributed by atoms with Crippen LogP contribution in [0.15, 0.2) is 11.3 Å². The lowest BCUT2D eigenvalue weighted by Gasteiger charge is -2.19. The molecule has 6 heteroatoms. The van der Waals surface area contributed by atoms with Crippen LogP contribution >= 0.6 is 0 Å². The first kappa shape index (κ1) is 22.2. The molecule has 0 aliphatic carbocycles. The molecule has 0 spiro atoms. The van der Waals surface area contributed by atoms with Crippen molar-refractivity contribution in [3.05, 3.63) is 11.3 Å². The van der Waals surface area contributed by atoms with Crippen molar-refractivity contribution in [3.63, 3.8) is 0 Å². The molecular formula is C20H33NO5. The Kier molecular flexibility index (Phi) is 9.99. The van der Waals surface area contributed by atoms with E-state index in [1.165, 1.54) is 50.5 Å². The van der Waals surface area contributed by atoms with Crippen molar-refractivity contribution in [3.8, 4) is 0 Å². The summed E-state index contributed by atoms with van der Waals surface area (Å²) < 4.78 is 0. The van der Waals surface area contributed by atoms with Crippen LogP contribution in [0.2, 0.25) is 0 Å². The third kappa shape index (κ3) is 6.81. The van der Waals surface area contributed by atoms with Crippen LogP contribution in [0.4, 0.5) is 0 Å². The SMILES string of the molecule is CCCCCCCCCCCC(=O)C1=C(O)C(CCC(=O)O)N(C)C1=O. The van der Waals surface area contributed by atoms with Gasteiger partial charge in [0, 0.05) is 19.9 Å². The molecule has 2 N–H and O–H groups in total. The molecular weight excluding hydrogens is 334 g/mol.